The van der Waals surface area contributed by atoms with Gasteiger partial charge in [0.25, 0.3) is 0 Å². The highest BCUT2D eigenvalue weighted by atomic mass is 16.4. The maximum Gasteiger partial charge on any atom is 0.322 e. The molecule has 1 aromatic carbocycles. The SMILES string of the molecule is CC(C)C[C@H](NC(=O)[C@H](Cc1cnc[nH]1)NC(=O)[C@@H]1CCCN1C(=O)[C@@H](NC(=O)[C@H](CCCN=C(N)N)NC(=O)[C@H](CC(C)C)NC(=O)[C@H](CC(C)C)NC(=O)[C@@H](N)Cc1ccccc1)C(C)C)C(=O)NCC(=O)NCC(=O)NCC(=O)O. The molecule has 1 aliphatic rings. The summed E-state index contributed by atoms with van der Waals surface area (Å²) in [7, 11) is 0. The number of likely N-dealkylation sites (tertiary alicyclic amines) is 1. The van der Waals surface area contributed by atoms with Gasteiger partial charge in [-0.2, -0.15) is 0 Å². The smallest absolute Gasteiger partial charge is 0.322 e. The van der Waals surface area contributed by atoms with Crippen LogP contribution in [0.25, 0.3) is 0 Å². The number of nitrogens with two attached hydrogens (primary N) is 3. The summed E-state index contributed by atoms with van der Waals surface area (Å²) in [6, 6.07) is -0.186. The summed E-state index contributed by atoms with van der Waals surface area (Å²) in [4.78, 5) is 160. The van der Waals surface area contributed by atoms with E-state index in [1.807, 2.05) is 58.0 Å². The Morgan fingerprint density at radius 1 is 0.651 bits per heavy atom. The van der Waals surface area contributed by atoms with Crippen molar-refractivity contribution >= 4 is 71.0 Å². The molecule has 2 aromatic rings. The van der Waals surface area contributed by atoms with E-state index in [4.69, 9.17) is 22.3 Å². The lowest BCUT2D eigenvalue weighted by molar-refractivity contribution is -0.143. The number of hydrogen-bond donors (Lipinski definition) is 14. The van der Waals surface area contributed by atoms with Crippen molar-refractivity contribution in [3.8, 4) is 0 Å². The minimum atomic E-state index is -1.33. The quantitative estimate of drug-likeness (QED) is 0.0196. The number of H-pyrrole nitrogens is 1. The van der Waals surface area contributed by atoms with Gasteiger partial charge in [0.15, 0.2) is 5.96 Å². The Kier molecular flexibility index (Phi) is 29.1. The fraction of sp³-hybridized carbons (Fsp3) is 0.618. The second-order valence-electron chi connectivity index (χ2n) is 22.3. The molecule has 83 heavy (non-hydrogen) atoms. The highest BCUT2D eigenvalue weighted by molar-refractivity contribution is 5.98. The number of imidazole rings is 1. The van der Waals surface area contributed by atoms with Gasteiger partial charge < -0.3 is 80.0 Å². The normalized spacial score (nSPS) is 15.6. The first-order valence-corrected chi connectivity index (χ1v) is 28.1. The maximum absolute atomic E-state index is 14.7. The average molecular weight is 1170 g/mol. The Morgan fingerprint density at radius 2 is 1.17 bits per heavy atom. The van der Waals surface area contributed by atoms with Crippen molar-refractivity contribution in [2.75, 3.05) is 32.7 Å². The van der Waals surface area contributed by atoms with Crippen LogP contribution >= 0.6 is 0 Å². The lowest BCUT2D eigenvalue weighted by Gasteiger charge is -2.32. The topological polar surface area (TPSA) is 439 Å². The molecule has 0 bridgehead atoms. The zero-order valence-electron chi connectivity index (χ0n) is 48.9. The molecule has 1 aromatic heterocycles. The Balaban J connectivity index is 1.82. The van der Waals surface area contributed by atoms with Gasteiger partial charge in [0.1, 0.15) is 48.8 Å². The summed E-state index contributed by atoms with van der Waals surface area (Å²) in [5.41, 5.74) is 18.7. The number of hydrogen-bond acceptors (Lipinski definition) is 14. The lowest BCUT2D eigenvalue weighted by Crippen LogP contribution is -2.61. The van der Waals surface area contributed by atoms with Gasteiger partial charge in [-0.1, -0.05) is 85.7 Å². The van der Waals surface area contributed by atoms with Crippen molar-refractivity contribution in [1.82, 2.24) is 62.7 Å². The van der Waals surface area contributed by atoms with E-state index >= 15 is 0 Å². The van der Waals surface area contributed by atoms with E-state index in [0.29, 0.717) is 12.1 Å². The predicted molar refractivity (Wildman–Crippen MR) is 307 cm³/mol. The van der Waals surface area contributed by atoms with E-state index in [2.05, 4.69) is 62.8 Å². The van der Waals surface area contributed by atoms with Gasteiger partial charge in [-0.25, -0.2) is 4.98 Å². The largest absolute Gasteiger partial charge is 0.480 e. The van der Waals surface area contributed by atoms with Crippen molar-refractivity contribution in [1.29, 1.82) is 0 Å². The molecule has 8 atom stereocenters. The fourth-order valence-corrected chi connectivity index (χ4v) is 9.05. The zero-order valence-corrected chi connectivity index (χ0v) is 48.9. The summed E-state index contributed by atoms with van der Waals surface area (Å²) in [5.74, 6) is -9.38. The summed E-state index contributed by atoms with van der Waals surface area (Å²) < 4.78 is 0. The molecule has 0 aliphatic carbocycles. The van der Waals surface area contributed by atoms with E-state index in [9.17, 15) is 52.7 Å². The molecule has 0 unspecified atom stereocenters. The number of carbonyl (C=O) groups excluding carboxylic acids is 10. The van der Waals surface area contributed by atoms with Crippen LogP contribution in [0.3, 0.4) is 0 Å². The van der Waals surface area contributed by atoms with Gasteiger partial charge in [-0.15, -0.1) is 0 Å². The number of carboxylic acids is 1. The first-order valence-electron chi connectivity index (χ1n) is 28.1. The molecule has 17 N–H and O–H groups in total. The summed E-state index contributed by atoms with van der Waals surface area (Å²) in [5, 5.41) is 32.1. The minimum absolute atomic E-state index is 0.0117. The van der Waals surface area contributed by atoms with E-state index in [0.717, 1.165) is 5.56 Å². The number of aliphatic carboxylic acids is 1. The number of guanidine groups is 1. The van der Waals surface area contributed by atoms with Gasteiger partial charge in [0, 0.05) is 31.4 Å². The molecule has 0 radical (unpaired) electrons. The number of carbonyl (C=O) groups is 11. The molecule has 460 valence electrons. The van der Waals surface area contributed by atoms with E-state index in [-0.39, 0.29) is 88.2 Å². The molecule has 2 heterocycles. The Hall–Kier alpha value is -8.17. The maximum atomic E-state index is 14.7. The minimum Gasteiger partial charge on any atom is -0.480 e. The molecule has 0 saturated carbocycles. The zero-order chi connectivity index (χ0) is 61.9. The molecule has 28 nitrogen and oxygen atoms in total. The number of amides is 10. The summed E-state index contributed by atoms with van der Waals surface area (Å²) >= 11 is 0. The molecule has 1 saturated heterocycles. The second kappa shape index (κ2) is 35.0. The first kappa shape index (κ1) is 69.1. The van der Waals surface area contributed by atoms with E-state index in [1.54, 1.807) is 27.7 Å². The van der Waals surface area contributed by atoms with Crippen LogP contribution in [-0.2, 0) is 65.6 Å². The monoisotopic (exact) mass is 1160 g/mol. The van der Waals surface area contributed by atoms with Crippen molar-refractivity contribution in [2.24, 2.45) is 45.9 Å². The van der Waals surface area contributed by atoms with E-state index in [1.165, 1.54) is 17.4 Å². The van der Waals surface area contributed by atoms with Crippen molar-refractivity contribution < 1.29 is 57.8 Å². The predicted octanol–water partition coefficient (Wildman–Crippen LogP) is -2.30. The Bertz CT molecular complexity index is 2520. The number of aromatic amines is 1. The molecule has 0 spiro atoms. The van der Waals surface area contributed by atoms with Crippen molar-refractivity contribution in [2.45, 2.75) is 162 Å². The van der Waals surface area contributed by atoms with Crippen LogP contribution in [-0.4, -0.2) is 172 Å². The molecule has 1 fully saturated rings. The van der Waals surface area contributed by atoms with Crippen LogP contribution in [0.5, 0.6) is 0 Å². The van der Waals surface area contributed by atoms with Gasteiger partial charge in [0.2, 0.25) is 59.1 Å². The summed E-state index contributed by atoms with van der Waals surface area (Å²) in [6.45, 7) is 12.8. The number of nitrogens with one attached hydrogen (secondary N) is 10. The highest BCUT2D eigenvalue weighted by Crippen LogP contribution is 2.22. The molecular weight excluding hydrogens is 1080 g/mol. The third kappa shape index (κ3) is 25.2. The number of aromatic nitrogens is 2. The molecular formula is C55H88N16O12. The molecule has 10 amide bonds. The Morgan fingerprint density at radius 3 is 1.70 bits per heavy atom. The van der Waals surface area contributed by atoms with Gasteiger partial charge in [-0.05, 0) is 80.6 Å². The lowest BCUT2D eigenvalue weighted by atomic mass is 9.98. The highest BCUT2D eigenvalue weighted by Gasteiger charge is 2.41. The first-order chi connectivity index (χ1) is 39.1. The fourth-order valence-electron chi connectivity index (χ4n) is 9.05. The third-order valence-corrected chi connectivity index (χ3v) is 13.2. The van der Waals surface area contributed by atoms with Crippen LogP contribution in [0.2, 0.25) is 0 Å². The molecule has 1 aliphatic heterocycles. The van der Waals surface area contributed by atoms with Crippen molar-refractivity contribution in [3.63, 3.8) is 0 Å². The number of carboxylic acid groups (broad SMARTS) is 1. The van der Waals surface area contributed by atoms with Crippen LogP contribution in [0.15, 0.2) is 47.8 Å². The molecule has 28 heteroatoms. The second-order valence-corrected chi connectivity index (χ2v) is 22.3. The third-order valence-electron chi connectivity index (χ3n) is 13.2. The number of aliphatic imine (C=N–C) groups is 1. The van der Waals surface area contributed by atoms with Crippen LogP contribution in [0.1, 0.15) is 112 Å². The number of rotatable bonds is 35. The van der Waals surface area contributed by atoms with Crippen LogP contribution in [0.4, 0.5) is 0 Å². The molecule has 3 rings (SSSR count). The van der Waals surface area contributed by atoms with Gasteiger partial charge >= 0.3 is 5.97 Å². The average Bonchev–Trinajstić information content (AvgIpc) is 4.38. The van der Waals surface area contributed by atoms with E-state index < -0.39 is 139 Å². The van der Waals surface area contributed by atoms with Crippen molar-refractivity contribution in [3.05, 3.63) is 54.1 Å². The number of nitrogens with zero attached hydrogens (tertiary/aromatic N) is 3. The van der Waals surface area contributed by atoms with Gasteiger partial charge in [-0.3, -0.25) is 57.7 Å². The van der Waals surface area contributed by atoms with Crippen LogP contribution in [0, 0.1) is 23.7 Å². The summed E-state index contributed by atoms with van der Waals surface area (Å²) in [6.07, 6.45) is 4.15. The number of benzene rings is 1. The standard InChI is InChI=1S/C55H88N16O12/c1-30(2)20-38(48(77)63-27-44(73)61-26-43(72)62-28-45(74)75)67-52(81)41(24-35-25-59-29-64-35)69-53(82)42-17-13-19-71(42)54(83)46(33(7)8)70-49(78)37(16-12-18-60-55(57)58)65-50(79)40(22-32(5)6)68-51(80)39(21-31(3)4)66-47(76)36(56)23-34-14-10-9-11-15-34/h9-11,14-15,25,29-33,36-42,46H,12-13,16-24,26-28,56H2,1-8H3,(H,59,64)(H,61,73)(H,62,72)(H,63,77)(H,65,79)(H,66,76)(H,67,81)(H,68,80)(H,69,82)(H,70,78)(H,74,75)(H4,57,58,60)/t36-,37-,38-,39-,40-,41-,42-,46-/m0/s1. The van der Waals surface area contributed by atoms with Crippen LogP contribution < -0.4 is 65.1 Å². The Labute approximate surface area is 484 Å². The van der Waals surface area contributed by atoms with Gasteiger partial charge in [0.05, 0.1) is 25.5 Å².